The van der Waals surface area contributed by atoms with Crippen LogP contribution in [-0.2, 0) is 6.54 Å². The molecule has 0 aromatic heterocycles. The van der Waals surface area contributed by atoms with Gasteiger partial charge in [-0.25, -0.2) is 4.39 Å². The van der Waals surface area contributed by atoms with Crippen LogP contribution >= 0.6 is 0 Å². The van der Waals surface area contributed by atoms with Crippen molar-refractivity contribution in [2.45, 2.75) is 38.9 Å². The highest BCUT2D eigenvalue weighted by Crippen LogP contribution is 2.31. The molecule has 2 aliphatic rings. The van der Waals surface area contributed by atoms with Crippen molar-refractivity contribution in [2.75, 3.05) is 13.1 Å². The molecule has 0 amide bonds. The zero-order valence-electron chi connectivity index (χ0n) is 14.6. The second kappa shape index (κ2) is 6.25. The average molecular weight is 335 g/mol. The van der Waals surface area contributed by atoms with Crippen molar-refractivity contribution in [3.05, 3.63) is 58.4 Å². The number of hydrogen-bond donors (Lipinski definition) is 1. The summed E-state index contributed by atoms with van der Waals surface area (Å²) in [7, 11) is 0. The number of aryl methyl sites for hydroxylation is 1. The molecule has 2 aliphatic heterocycles. The molecule has 0 radical (unpaired) electrons. The summed E-state index contributed by atoms with van der Waals surface area (Å²) in [5, 5.41) is 12.5. The van der Waals surface area contributed by atoms with Crippen LogP contribution in [0.15, 0.2) is 30.3 Å². The molecule has 0 spiro atoms. The van der Waals surface area contributed by atoms with Gasteiger partial charge in [-0.05, 0) is 54.7 Å². The van der Waals surface area contributed by atoms with Crippen molar-refractivity contribution in [3.8, 4) is 17.2 Å². The SMILES string of the molecule is Cc1cc(CN2C[C@H]3C[C@@H]2CN3)c(C)c(-c2ccc(C#N)c(F)c2)c1. The third-order valence-electron chi connectivity index (χ3n) is 5.60. The van der Waals surface area contributed by atoms with Gasteiger partial charge in [-0.1, -0.05) is 23.8 Å². The zero-order valence-corrected chi connectivity index (χ0v) is 14.6. The highest BCUT2D eigenvalue weighted by molar-refractivity contribution is 5.70. The average Bonchev–Trinajstić information content (AvgIpc) is 3.20. The van der Waals surface area contributed by atoms with E-state index in [1.165, 1.54) is 29.2 Å². The molecule has 0 saturated carbocycles. The van der Waals surface area contributed by atoms with Crippen LogP contribution in [0, 0.1) is 31.0 Å². The molecule has 2 bridgehead atoms. The van der Waals surface area contributed by atoms with E-state index >= 15 is 0 Å². The Morgan fingerprint density at radius 3 is 2.76 bits per heavy atom. The molecule has 2 atom stereocenters. The van der Waals surface area contributed by atoms with E-state index in [-0.39, 0.29) is 5.56 Å². The van der Waals surface area contributed by atoms with Gasteiger partial charge in [0, 0.05) is 31.7 Å². The van der Waals surface area contributed by atoms with Crippen molar-refractivity contribution in [1.82, 2.24) is 10.2 Å². The van der Waals surface area contributed by atoms with E-state index in [1.54, 1.807) is 6.07 Å². The number of likely N-dealkylation sites (tertiary alicyclic amines) is 1. The highest BCUT2D eigenvalue weighted by Gasteiger charge is 2.37. The molecule has 1 N–H and O–H groups in total. The maximum atomic E-state index is 14.1. The molecule has 0 unspecified atom stereocenters. The summed E-state index contributed by atoms with van der Waals surface area (Å²) in [6.45, 7) is 7.35. The van der Waals surface area contributed by atoms with E-state index in [9.17, 15) is 4.39 Å². The van der Waals surface area contributed by atoms with E-state index in [4.69, 9.17) is 5.26 Å². The van der Waals surface area contributed by atoms with Crippen LogP contribution in [0.5, 0.6) is 0 Å². The van der Waals surface area contributed by atoms with Gasteiger partial charge in [-0.15, -0.1) is 0 Å². The molecule has 2 aromatic rings. The lowest BCUT2D eigenvalue weighted by atomic mass is 9.93. The fourth-order valence-corrected chi connectivity index (χ4v) is 4.23. The van der Waals surface area contributed by atoms with E-state index in [0.29, 0.717) is 12.1 Å². The number of halogens is 1. The maximum Gasteiger partial charge on any atom is 0.141 e. The fraction of sp³-hybridized carbons (Fsp3) is 0.381. The number of nitrogens with one attached hydrogen (secondary N) is 1. The zero-order chi connectivity index (χ0) is 17.6. The molecule has 4 rings (SSSR count). The molecular weight excluding hydrogens is 313 g/mol. The molecule has 2 aromatic carbocycles. The second-order valence-corrected chi connectivity index (χ2v) is 7.33. The standard InChI is InChI=1S/C21H22FN3/c1-13-5-17(11-25-12-18-8-19(25)10-24-18)14(2)20(6-13)15-3-4-16(9-23)21(22)7-15/h3-7,18-19,24H,8,10-12H2,1-2H3/t18-,19-/m1/s1. The van der Waals surface area contributed by atoms with Crippen LogP contribution in [-0.4, -0.2) is 30.1 Å². The topological polar surface area (TPSA) is 39.1 Å². The molecule has 3 nitrogen and oxygen atoms in total. The molecular formula is C21H22FN3. The van der Waals surface area contributed by atoms with Gasteiger partial charge in [0.05, 0.1) is 5.56 Å². The van der Waals surface area contributed by atoms with Gasteiger partial charge in [0.2, 0.25) is 0 Å². The molecule has 128 valence electrons. The number of nitriles is 1. The Balaban J connectivity index is 1.68. The third-order valence-corrected chi connectivity index (χ3v) is 5.60. The summed E-state index contributed by atoms with van der Waals surface area (Å²) in [5.74, 6) is -0.453. The van der Waals surface area contributed by atoms with Crippen LogP contribution in [0.3, 0.4) is 0 Å². The first kappa shape index (κ1) is 16.3. The van der Waals surface area contributed by atoms with E-state index in [0.717, 1.165) is 30.8 Å². The number of benzene rings is 2. The Hall–Kier alpha value is -2.22. The van der Waals surface area contributed by atoms with Crippen LogP contribution < -0.4 is 5.32 Å². The second-order valence-electron chi connectivity index (χ2n) is 7.33. The quantitative estimate of drug-likeness (QED) is 0.933. The van der Waals surface area contributed by atoms with Crippen molar-refractivity contribution < 1.29 is 4.39 Å². The summed E-state index contributed by atoms with van der Waals surface area (Å²) in [4.78, 5) is 2.56. The van der Waals surface area contributed by atoms with Crippen molar-refractivity contribution in [1.29, 1.82) is 5.26 Å². The largest absolute Gasteiger partial charge is 0.311 e. The first-order valence-corrected chi connectivity index (χ1v) is 8.82. The lowest BCUT2D eigenvalue weighted by molar-refractivity contribution is 0.217. The van der Waals surface area contributed by atoms with E-state index in [2.05, 4.69) is 36.2 Å². The van der Waals surface area contributed by atoms with Gasteiger partial charge in [-0.3, -0.25) is 4.90 Å². The minimum atomic E-state index is -0.453. The Kier molecular flexibility index (Phi) is 4.07. The predicted molar refractivity (Wildman–Crippen MR) is 96.6 cm³/mol. The van der Waals surface area contributed by atoms with Crippen LogP contribution in [0.25, 0.3) is 11.1 Å². The lowest BCUT2D eigenvalue weighted by Crippen LogP contribution is -2.43. The monoisotopic (exact) mass is 335 g/mol. The van der Waals surface area contributed by atoms with Gasteiger partial charge in [-0.2, -0.15) is 5.26 Å². The Morgan fingerprint density at radius 2 is 2.12 bits per heavy atom. The van der Waals surface area contributed by atoms with Crippen molar-refractivity contribution in [2.24, 2.45) is 0 Å². The summed E-state index contributed by atoms with van der Waals surface area (Å²) in [6, 6.07) is 12.4. The maximum absolute atomic E-state index is 14.1. The first-order chi connectivity index (χ1) is 12.0. The van der Waals surface area contributed by atoms with Gasteiger partial charge in [0.1, 0.15) is 11.9 Å². The Labute approximate surface area is 148 Å². The number of hydrogen-bond acceptors (Lipinski definition) is 3. The highest BCUT2D eigenvalue weighted by atomic mass is 19.1. The lowest BCUT2D eigenvalue weighted by Gasteiger charge is -2.28. The van der Waals surface area contributed by atoms with Crippen LogP contribution in [0.2, 0.25) is 0 Å². The summed E-state index contributed by atoms with van der Waals surface area (Å²) < 4.78 is 14.1. The number of fused-ring (bicyclic) bond motifs is 2. The van der Waals surface area contributed by atoms with Gasteiger partial charge in [0.15, 0.2) is 0 Å². The van der Waals surface area contributed by atoms with E-state index in [1.807, 2.05) is 12.1 Å². The first-order valence-electron chi connectivity index (χ1n) is 8.82. The molecule has 2 saturated heterocycles. The van der Waals surface area contributed by atoms with Crippen molar-refractivity contribution in [3.63, 3.8) is 0 Å². The summed E-state index contributed by atoms with van der Waals surface area (Å²) in [6.07, 6.45) is 1.25. The van der Waals surface area contributed by atoms with Crippen LogP contribution in [0.4, 0.5) is 4.39 Å². The molecule has 2 heterocycles. The number of piperazine rings is 1. The fourth-order valence-electron chi connectivity index (χ4n) is 4.23. The van der Waals surface area contributed by atoms with Gasteiger partial charge < -0.3 is 5.32 Å². The minimum Gasteiger partial charge on any atom is -0.311 e. The normalized spacial score (nSPS) is 22.3. The smallest absolute Gasteiger partial charge is 0.141 e. The molecule has 2 fully saturated rings. The van der Waals surface area contributed by atoms with Gasteiger partial charge >= 0.3 is 0 Å². The summed E-state index contributed by atoms with van der Waals surface area (Å²) >= 11 is 0. The van der Waals surface area contributed by atoms with Gasteiger partial charge in [0.25, 0.3) is 0 Å². The molecule has 4 heteroatoms. The Morgan fingerprint density at radius 1 is 1.28 bits per heavy atom. The predicted octanol–water partition coefficient (Wildman–Crippen LogP) is 3.53. The Bertz CT molecular complexity index is 868. The number of rotatable bonds is 3. The molecule has 25 heavy (non-hydrogen) atoms. The molecule has 0 aliphatic carbocycles. The number of nitrogens with zero attached hydrogens (tertiary/aromatic N) is 2. The third kappa shape index (κ3) is 2.95. The summed E-state index contributed by atoms with van der Waals surface area (Å²) in [5.41, 5.74) is 5.68. The minimum absolute atomic E-state index is 0.0925. The van der Waals surface area contributed by atoms with Crippen LogP contribution in [0.1, 0.15) is 28.7 Å². The van der Waals surface area contributed by atoms with E-state index < -0.39 is 5.82 Å². The van der Waals surface area contributed by atoms with Crippen molar-refractivity contribution >= 4 is 0 Å².